The topological polar surface area (TPSA) is 29.1 Å². The molecule has 1 saturated carbocycles. The van der Waals surface area contributed by atoms with E-state index >= 15 is 0 Å². The van der Waals surface area contributed by atoms with Crippen LogP contribution in [0.3, 0.4) is 0 Å². The van der Waals surface area contributed by atoms with Crippen LogP contribution in [0.25, 0.3) is 0 Å². The van der Waals surface area contributed by atoms with Crippen LogP contribution in [0.2, 0.25) is 0 Å². The second-order valence-corrected chi connectivity index (χ2v) is 3.61. The summed E-state index contributed by atoms with van der Waals surface area (Å²) in [6.07, 6.45) is 2.26. The van der Waals surface area contributed by atoms with Crippen molar-refractivity contribution in [2.45, 2.75) is 25.3 Å². The lowest BCUT2D eigenvalue weighted by Crippen LogP contribution is -2.27. The van der Waals surface area contributed by atoms with Crippen LogP contribution < -0.4 is 5.32 Å². The normalized spacial score (nSPS) is 15.2. The number of hydrogen-bond acceptors (Lipinski definition) is 1. The third kappa shape index (κ3) is 2.31. The van der Waals surface area contributed by atoms with Crippen molar-refractivity contribution in [2.24, 2.45) is 0 Å². The zero-order valence-electron chi connectivity index (χ0n) is 7.79. The van der Waals surface area contributed by atoms with Crippen LogP contribution in [0.5, 0.6) is 0 Å². The van der Waals surface area contributed by atoms with E-state index in [1.165, 1.54) is 6.07 Å². The summed E-state index contributed by atoms with van der Waals surface area (Å²) in [5.41, 5.74) is 0.464. The molecule has 1 fully saturated rings. The highest BCUT2D eigenvalue weighted by molar-refractivity contribution is 5.79. The average molecular weight is 193 g/mol. The van der Waals surface area contributed by atoms with E-state index < -0.39 is 0 Å². The van der Waals surface area contributed by atoms with E-state index in [1.807, 2.05) is 0 Å². The molecule has 1 amide bonds. The quantitative estimate of drug-likeness (QED) is 0.777. The van der Waals surface area contributed by atoms with Gasteiger partial charge < -0.3 is 5.32 Å². The van der Waals surface area contributed by atoms with Crippen LogP contribution in [0.15, 0.2) is 24.3 Å². The lowest BCUT2D eigenvalue weighted by atomic mass is 10.1. The molecule has 0 radical (unpaired) electrons. The molecule has 2 rings (SSSR count). The first-order chi connectivity index (χ1) is 6.75. The first-order valence-electron chi connectivity index (χ1n) is 4.78. The molecule has 0 heterocycles. The van der Waals surface area contributed by atoms with E-state index in [-0.39, 0.29) is 18.1 Å². The van der Waals surface area contributed by atoms with Gasteiger partial charge in [0, 0.05) is 6.04 Å². The van der Waals surface area contributed by atoms with Crippen molar-refractivity contribution < 1.29 is 9.18 Å². The van der Waals surface area contributed by atoms with Gasteiger partial charge in [0.15, 0.2) is 0 Å². The summed E-state index contributed by atoms with van der Waals surface area (Å²) in [5.74, 6) is -0.393. The van der Waals surface area contributed by atoms with E-state index in [0.717, 1.165) is 12.8 Å². The maximum Gasteiger partial charge on any atom is 0.224 e. The van der Waals surface area contributed by atoms with Crippen molar-refractivity contribution in [3.63, 3.8) is 0 Å². The van der Waals surface area contributed by atoms with Crippen LogP contribution in [0, 0.1) is 5.82 Å². The van der Waals surface area contributed by atoms with Crippen molar-refractivity contribution in [3.8, 4) is 0 Å². The molecule has 3 heteroatoms. The SMILES string of the molecule is O=C(Cc1ccccc1F)NC1CC1. The van der Waals surface area contributed by atoms with Gasteiger partial charge >= 0.3 is 0 Å². The Morgan fingerprint density at radius 1 is 1.43 bits per heavy atom. The van der Waals surface area contributed by atoms with Gasteiger partial charge in [0.05, 0.1) is 6.42 Å². The lowest BCUT2D eigenvalue weighted by Gasteiger charge is -2.03. The molecule has 74 valence electrons. The van der Waals surface area contributed by atoms with E-state index in [2.05, 4.69) is 5.32 Å². The van der Waals surface area contributed by atoms with Crippen LogP contribution in [-0.2, 0) is 11.2 Å². The molecular formula is C11H12FNO. The smallest absolute Gasteiger partial charge is 0.224 e. The van der Waals surface area contributed by atoms with Crippen LogP contribution >= 0.6 is 0 Å². The molecular weight excluding hydrogens is 181 g/mol. The largest absolute Gasteiger partial charge is 0.353 e. The number of benzene rings is 1. The Morgan fingerprint density at radius 2 is 2.14 bits per heavy atom. The molecule has 14 heavy (non-hydrogen) atoms. The van der Waals surface area contributed by atoms with E-state index in [0.29, 0.717) is 11.6 Å². The second kappa shape index (κ2) is 3.78. The monoisotopic (exact) mass is 193 g/mol. The number of amides is 1. The fourth-order valence-corrected chi connectivity index (χ4v) is 1.32. The number of carbonyl (C=O) groups excluding carboxylic acids is 1. The Morgan fingerprint density at radius 3 is 2.79 bits per heavy atom. The highest BCUT2D eigenvalue weighted by atomic mass is 19.1. The minimum atomic E-state index is -0.307. The Kier molecular flexibility index (Phi) is 2.48. The number of halogens is 1. The van der Waals surface area contributed by atoms with E-state index in [1.54, 1.807) is 18.2 Å². The van der Waals surface area contributed by atoms with Crippen LogP contribution in [-0.4, -0.2) is 11.9 Å². The van der Waals surface area contributed by atoms with Gasteiger partial charge in [0.25, 0.3) is 0 Å². The zero-order chi connectivity index (χ0) is 9.97. The molecule has 1 aromatic carbocycles. The van der Waals surface area contributed by atoms with E-state index in [4.69, 9.17) is 0 Å². The van der Waals surface area contributed by atoms with Gasteiger partial charge in [0.1, 0.15) is 5.82 Å². The zero-order valence-corrected chi connectivity index (χ0v) is 7.79. The van der Waals surface area contributed by atoms with Crippen molar-refractivity contribution in [3.05, 3.63) is 35.6 Å². The summed E-state index contributed by atoms with van der Waals surface area (Å²) in [5, 5.41) is 2.82. The minimum absolute atomic E-state index is 0.0856. The molecule has 0 saturated heterocycles. The first kappa shape index (κ1) is 9.19. The van der Waals surface area contributed by atoms with Crippen LogP contribution in [0.1, 0.15) is 18.4 Å². The van der Waals surface area contributed by atoms with Crippen molar-refractivity contribution in [1.82, 2.24) is 5.32 Å². The second-order valence-electron chi connectivity index (χ2n) is 3.61. The van der Waals surface area contributed by atoms with Gasteiger partial charge in [-0.2, -0.15) is 0 Å². The Labute approximate surface area is 82.1 Å². The predicted octanol–water partition coefficient (Wildman–Crippen LogP) is 1.65. The molecule has 0 bridgehead atoms. The summed E-state index contributed by atoms with van der Waals surface area (Å²) in [6, 6.07) is 6.72. The summed E-state index contributed by atoms with van der Waals surface area (Å²) in [4.78, 5) is 11.3. The number of carbonyl (C=O) groups is 1. The molecule has 0 aromatic heterocycles. The highest BCUT2D eigenvalue weighted by Gasteiger charge is 2.23. The van der Waals surface area contributed by atoms with Crippen LogP contribution in [0.4, 0.5) is 4.39 Å². The molecule has 0 spiro atoms. The minimum Gasteiger partial charge on any atom is -0.353 e. The van der Waals surface area contributed by atoms with Gasteiger partial charge in [-0.05, 0) is 24.5 Å². The number of hydrogen-bond donors (Lipinski definition) is 1. The third-order valence-electron chi connectivity index (χ3n) is 2.25. The fourth-order valence-electron chi connectivity index (χ4n) is 1.32. The summed E-state index contributed by atoms with van der Waals surface area (Å²) < 4.78 is 13.1. The Balaban J connectivity index is 1.95. The van der Waals surface area contributed by atoms with Gasteiger partial charge in [-0.25, -0.2) is 4.39 Å². The number of rotatable bonds is 3. The molecule has 0 aliphatic heterocycles. The Bertz CT molecular complexity index is 347. The molecule has 1 aliphatic rings. The van der Waals surface area contributed by atoms with Gasteiger partial charge in [-0.15, -0.1) is 0 Å². The predicted molar refractivity (Wildman–Crippen MR) is 51.3 cm³/mol. The summed E-state index contributed by atoms with van der Waals surface area (Å²) >= 11 is 0. The summed E-state index contributed by atoms with van der Waals surface area (Å²) in [7, 11) is 0. The molecule has 1 aliphatic carbocycles. The van der Waals surface area contributed by atoms with Crippen molar-refractivity contribution >= 4 is 5.91 Å². The fraction of sp³-hybridized carbons (Fsp3) is 0.364. The molecule has 1 aromatic rings. The molecule has 0 unspecified atom stereocenters. The maximum atomic E-state index is 13.1. The molecule has 2 nitrogen and oxygen atoms in total. The van der Waals surface area contributed by atoms with Gasteiger partial charge in [-0.1, -0.05) is 18.2 Å². The van der Waals surface area contributed by atoms with Gasteiger partial charge in [0.2, 0.25) is 5.91 Å². The lowest BCUT2D eigenvalue weighted by molar-refractivity contribution is -0.120. The third-order valence-corrected chi connectivity index (χ3v) is 2.25. The number of nitrogens with one attached hydrogen (secondary N) is 1. The first-order valence-corrected chi connectivity index (χ1v) is 4.78. The standard InChI is InChI=1S/C11H12FNO/c12-10-4-2-1-3-8(10)7-11(14)13-9-5-6-9/h1-4,9H,5-7H2,(H,13,14). The van der Waals surface area contributed by atoms with Crippen molar-refractivity contribution in [1.29, 1.82) is 0 Å². The summed E-state index contributed by atoms with van der Waals surface area (Å²) in [6.45, 7) is 0. The van der Waals surface area contributed by atoms with Crippen molar-refractivity contribution in [2.75, 3.05) is 0 Å². The maximum absolute atomic E-state index is 13.1. The highest BCUT2D eigenvalue weighted by Crippen LogP contribution is 2.18. The Hall–Kier alpha value is -1.38. The average Bonchev–Trinajstić information content (AvgIpc) is 2.93. The van der Waals surface area contributed by atoms with E-state index in [9.17, 15) is 9.18 Å². The molecule has 0 atom stereocenters. The van der Waals surface area contributed by atoms with Gasteiger partial charge in [-0.3, -0.25) is 4.79 Å². The molecule has 1 N–H and O–H groups in total.